The topological polar surface area (TPSA) is 52.0 Å². The van der Waals surface area contributed by atoms with Gasteiger partial charge in [-0.25, -0.2) is 4.98 Å². The highest BCUT2D eigenvalue weighted by Gasteiger charge is 2.15. The van der Waals surface area contributed by atoms with Crippen molar-refractivity contribution in [2.24, 2.45) is 7.05 Å². The minimum Gasteiger partial charge on any atom is -0.489 e. The lowest BCUT2D eigenvalue weighted by molar-refractivity contribution is 0.241. The van der Waals surface area contributed by atoms with Crippen molar-refractivity contribution < 1.29 is 4.74 Å². The van der Waals surface area contributed by atoms with Crippen LogP contribution in [0, 0.1) is 0 Å². The molecule has 0 aliphatic carbocycles. The summed E-state index contributed by atoms with van der Waals surface area (Å²) in [5, 5.41) is 3.26. The Balaban J connectivity index is 2.28. The number of imidazole rings is 1. The highest BCUT2D eigenvalue weighted by molar-refractivity contribution is 5.30. The van der Waals surface area contributed by atoms with Crippen LogP contribution in [0.2, 0.25) is 0 Å². The average molecular weight is 260 g/mol. The maximum atomic E-state index is 5.67. The third kappa shape index (κ3) is 3.32. The summed E-state index contributed by atoms with van der Waals surface area (Å²) in [5.41, 5.74) is 2.01. The summed E-state index contributed by atoms with van der Waals surface area (Å²) in [5.74, 6) is 0.781. The molecule has 0 fully saturated rings. The maximum absolute atomic E-state index is 5.67. The molecule has 0 radical (unpaired) electrons. The van der Waals surface area contributed by atoms with Crippen LogP contribution in [0.15, 0.2) is 31.0 Å². The van der Waals surface area contributed by atoms with Crippen LogP contribution in [0.4, 0.5) is 0 Å². The van der Waals surface area contributed by atoms with Crippen LogP contribution in [0.25, 0.3) is 0 Å². The van der Waals surface area contributed by atoms with E-state index in [0.29, 0.717) is 0 Å². The van der Waals surface area contributed by atoms with Gasteiger partial charge in [0.05, 0.1) is 30.4 Å². The Morgan fingerprint density at radius 2 is 2.11 bits per heavy atom. The van der Waals surface area contributed by atoms with Gasteiger partial charge in [0.15, 0.2) is 0 Å². The van der Waals surface area contributed by atoms with Crippen molar-refractivity contribution in [2.45, 2.75) is 26.0 Å². The smallest absolute Gasteiger partial charge is 0.138 e. The molecular formula is C14H20N4O. The zero-order valence-corrected chi connectivity index (χ0v) is 11.8. The van der Waals surface area contributed by atoms with E-state index in [1.165, 1.54) is 0 Å². The summed E-state index contributed by atoms with van der Waals surface area (Å²) >= 11 is 0. The van der Waals surface area contributed by atoms with Crippen molar-refractivity contribution in [1.82, 2.24) is 19.9 Å². The lowest BCUT2D eigenvalue weighted by Gasteiger charge is -2.16. The molecule has 5 heteroatoms. The third-order valence-electron chi connectivity index (χ3n) is 2.75. The number of rotatable bonds is 5. The molecule has 1 N–H and O–H groups in total. The highest BCUT2D eigenvalue weighted by Crippen LogP contribution is 2.23. The number of nitrogens with zero attached hydrogens (tertiary/aromatic N) is 3. The largest absolute Gasteiger partial charge is 0.489 e. The molecule has 2 rings (SSSR count). The molecule has 1 atom stereocenters. The van der Waals surface area contributed by atoms with Crippen LogP contribution in [-0.2, 0) is 7.05 Å². The second-order valence-corrected chi connectivity index (χ2v) is 4.81. The molecule has 0 aliphatic rings. The van der Waals surface area contributed by atoms with Gasteiger partial charge in [-0.05, 0) is 32.5 Å². The van der Waals surface area contributed by atoms with Gasteiger partial charge in [-0.1, -0.05) is 0 Å². The van der Waals surface area contributed by atoms with E-state index in [1.54, 1.807) is 12.5 Å². The minimum absolute atomic E-state index is 0.0180. The fourth-order valence-electron chi connectivity index (χ4n) is 2.00. The maximum Gasteiger partial charge on any atom is 0.138 e. The van der Waals surface area contributed by atoms with Crippen molar-refractivity contribution in [3.05, 3.63) is 42.2 Å². The molecule has 0 saturated heterocycles. The molecule has 0 aromatic carbocycles. The Labute approximate surface area is 113 Å². The molecular weight excluding hydrogens is 240 g/mol. The second kappa shape index (κ2) is 5.84. The summed E-state index contributed by atoms with van der Waals surface area (Å²) < 4.78 is 7.61. The molecule has 0 bridgehead atoms. The van der Waals surface area contributed by atoms with E-state index in [4.69, 9.17) is 4.74 Å². The summed E-state index contributed by atoms with van der Waals surface area (Å²) in [6.45, 7) is 4.00. The van der Waals surface area contributed by atoms with Gasteiger partial charge in [-0.2, -0.15) is 0 Å². The van der Waals surface area contributed by atoms with Gasteiger partial charge in [0.2, 0.25) is 0 Å². The van der Waals surface area contributed by atoms with E-state index >= 15 is 0 Å². The van der Waals surface area contributed by atoms with E-state index in [-0.39, 0.29) is 12.1 Å². The predicted molar refractivity (Wildman–Crippen MR) is 74.1 cm³/mol. The number of hydrogen-bond donors (Lipinski definition) is 1. The van der Waals surface area contributed by atoms with Gasteiger partial charge < -0.3 is 14.6 Å². The number of aromatic nitrogens is 3. The molecule has 0 aliphatic heterocycles. The van der Waals surface area contributed by atoms with Gasteiger partial charge in [0.25, 0.3) is 0 Å². The molecule has 0 saturated carbocycles. The fraction of sp³-hybridized carbons (Fsp3) is 0.429. The Kier molecular flexibility index (Phi) is 4.16. The van der Waals surface area contributed by atoms with Crippen LogP contribution in [-0.4, -0.2) is 27.7 Å². The molecule has 2 aromatic rings. The fourth-order valence-corrected chi connectivity index (χ4v) is 2.00. The van der Waals surface area contributed by atoms with Crippen LogP contribution in [0.3, 0.4) is 0 Å². The van der Waals surface area contributed by atoms with E-state index in [1.807, 2.05) is 51.0 Å². The van der Waals surface area contributed by atoms with Crippen LogP contribution in [0.5, 0.6) is 5.75 Å². The number of aryl methyl sites for hydroxylation is 1. The van der Waals surface area contributed by atoms with Gasteiger partial charge in [0, 0.05) is 19.4 Å². The van der Waals surface area contributed by atoms with E-state index in [2.05, 4.69) is 15.3 Å². The Bertz CT molecular complexity index is 536. The van der Waals surface area contributed by atoms with E-state index < -0.39 is 0 Å². The standard InChI is InChI=1S/C14H20N4O/c1-10(2)19-12-5-11(6-16-7-12)14(15-3)13-8-18(4)9-17-13/h5-10,14-15H,1-4H3. The van der Waals surface area contributed by atoms with Crippen molar-refractivity contribution in [3.8, 4) is 5.75 Å². The number of nitrogens with one attached hydrogen (secondary N) is 1. The molecule has 1 unspecified atom stereocenters. The molecule has 2 aromatic heterocycles. The monoisotopic (exact) mass is 260 g/mol. The summed E-state index contributed by atoms with van der Waals surface area (Å²) in [7, 11) is 3.87. The SMILES string of the molecule is CNC(c1cncc(OC(C)C)c1)c1cn(C)cn1. The van der Waals surface area contributed by atoms with E-state index in [0.717, 1.165) is 17.0 Å². The van der Waals surface area contributed by atoms with Gasteiger partial charge in [0.1, 0.15) is 5.75 Å². The molecule has 2 heterocycles. The summed E-state index contributed by atoms with van der Waals surface area (Å²) in [4.78, 5) is 8.63. The minimum atomic E-state index is 0.0180. The lowest BCUT2D eigenvalue weighted by atomic mass is 10.1. The molecule has 0 amide bonds. The molecule has 102 valence electrons. The summed E-state index contributed by atoms with van der Waals surface area (Å²) in [6, 6.07) is 2.02. The Morgan fingerprint density at radius 3 is 2.68 bits per heavy atom. The zero-order valence-electron chi connectivity index (χ0n) is 11.8. The third-order valence-corrected chi connectivity index (χ3v) is 2.75. The number of ether oxygens (including phenoxy) is 1. The van der Waals surface area contributed by atoms with Crippen LogP contribution >= 0.6 is 0 Å². The van der Waals surface area contributed by atoms with Crippen LogP contribution < -0.4 is 10.1 Å². The molecule has 5 nitrogen and oxygen atoms in total. The quantitative estimate of drug-likeness (QED) is 0.892. The van der Waals surface area contributed by atoms with Gasteiger partial charge in [-0.15, -0.1) is 0 Å². The zero-order chi connectivity index (χ0) is 13.8. The van der Waals surface area contributed by atoms with Gasteiger partial charge in [-0.3, -0.25) is 4.98 Å². The van der Waals surface area contributed by atoms with Crippen molar-refractivity contribution >= 4 is 0 Å². The lowest BCUT2D eigenvalue weighted by Crippen LogP contribution is -2.18. The average Bonchev–Trinajstić information content (AvgIpc) is 2.76. The van der Waals surface area contributed by atoms with Crippen molar-refractivity contribution in [3.63, 3.8) is 0 Å². The normalized spacial score (nSPS) is 12.7. The van der Waals surface area contributed by atoms with Crippen LogP contribution in [0.1, 0.15) is 31.1 Å². The van der Waals surface area contributed by atoms with E-state index in [9.17, 15) is 0 Å². The first kappa shape index (κ1) is 13.5. The molecule has 0 spiro atoms. The Hall–Kier alpha value is -1.88. The molecule has 19 heavy (non-hydrogen) atoms. The first-order valence-electron chi connectivity index (χ1n) is 6.37. The predicted octanol–water partition coefficient (Wildman–Crippen LogP) is 1.91. The summed E-state index contributed by atoms with van der Waals surface area (Å²) in [6.07, 6.45) is 7.50. The second-order valence-electron chi connectivity index (χ2n) is 4.81. The van der Waals surface area contributed by atoms with Gasteiger partial charge >= 0.3 is 0 Å². The van der Waals surface area contributed by atoms with Crippen molar-refractivity contribution in [1.29, 1.82) is 0 Å². The first-order chi connectivity index (χ1) is 9.10. The highest BCUT2D eigenvalue weighted by atomic mass is 16.5. The van der Waals surface area contributed by atoms with Crippen molar-refractivity contribution in [2.75, 3.05) is 7.05 Å². The first-order valence-corrected chi connectivity index (χ1v) is 6.37. The Morgan fingerprint density at radius 1 is 1.32 bits per heavy atom. The number of hydrogen-bond acceptors (Lipinski definition) is 4. The number of pyridine rings is 1.